The second kappa shape index (κ2) is 7.36. The molecular formula is C21H27NO3. The summed E-state index contributed by atoms with van der Waals surface area (Å²) in [4.78, 5) is 0. The fraction of sp³-hybridized carbons (Fsp3) is 0.429. The van der Waals surface area contributed by atoms with Gasteiger partial charge in [-0.3, -0.25) is 0 Å². The van der Waals surface area contributed by atoms with Crippen LogP contribution < -0.4 is 19.5 Å². The van der Waals surface area contributed by atoms with Crippen LogP contribution in [0.2, 0.25) is 0 Å². The predicted octanol–water partition coefficient (Wildman–Crippen LogP) is 3.95. The van der Waals surface area contributed by atoms with Gasteiger partial charge in [0, 0.05) is 17.7 Å². The van der Waals surface area contributed by atoms with Crippen LogP contribution in [-0.4, -0.2) is 27.4 Å². The molecule has 0 spiro atoms. The Morgan fingerprint density at radius 3 is 2.40 bits per heavy atom. The Morgan fingerprint density at radius 2 is 1.72 bits per heavy atom. The largest absolute Gasteiger partial charge is 0.496 e. The van der Waals surface area contributed by atoms with Gasteiger partial charge in [0.1, 0.15) is 5.75 Å². The van der Waals surface area contributed by atoms with Gasteiger partial charge in [-0.15, -0.1) is 0 Å². The van der Waals surface area contributed by atoms with Crippen LogP contribution >= 0.6 is 0 Å². The van der Waals surface area contributed by atoms with Gasteiger partial charge in [-0.05, 0) is 56.0 Å². The van der Waals surface area contributed by atoms with Crippen molar-refractivity contribution in [3.05, 3.63) is 52.1 Å². The molecule has 1 unspecified atom stereocenters. The number of nitrogens with one attached hydrogen (secondary N) is 1. The highest BCUT2D eigenvalue weighted by molar-refractivity contribution is 5.56. The van der Waals surface area contributed by atoms with Gasteiger partial charge in [-0.25, -0.2) is 0 Å². The lowest BCUT2D eigenvalue weighted by molar-refractivity contribution is 0.305. The molecule has 0 amide bonds. The number of hydrogen-bond donors (Lipinski definition) is 1. The lowest BCUT2D eigenvalue weighted by Crippen LogP contribution is -2.31. The van der Waals surface area contributed by atoms with Crippen LogP contribution in [0.3, 0.4) is 0 Å². The zero-order chi connectivity index (χ0) is 18.0. The summed E-state index contributed by atoms with van der Waals surface area (Å²) in [5.41, 5.74) is 6.13. The van der Waals surface area contributed by atoms with Gasteiger partial charge in [-0.1, -0.05) is 12.1 Å². The standard InChI is InChI=1S/C21H27NO3/c1-6-25-21-16-9-10-22-20(15(16)7-8-18(21)23-4)17-11-13(2)14(3)12-19(17)24-5/h7-8,11-12,20,22H,6,9-10H2,1-5H3. The zero-order valence-electron chi connectivity index (χ0n) is 15.7. The summed E-state index contributed by atoms with van der Waals surface area (Å²) in [5.74, 6) is 2.59. The van der Waals surface area contributed by atoms with Gasteiger partial charge < -0.3 is 19.5 Å². The van der Waals surface area contributed by atoms with Crippen LogP contribution in [0.5, 0.6) is 17.2 Å². The summed E-state index contributed by atoms with van der Waals surface area (Å²) >= 11 is 0. The highest BCUT2D eigenvalue weighted by atomic mass is 16.5. The molecule has 0 saturated heterocycles. The molecule has 0 aromatic heterocycles. The minimum absolute atomic E-state index is 0.0862. The Bertz CT molecular complexity index is 770. The molecule has 0 fully saturated rings. The average Bonchev–Trinajstić information content (AvgIpc) is 2.63. The molecule has 0 aliphatic carbocycles. The number of ether oxygens (including phenoxy) is 3. The highest BCUT2D eigenvalue weighted by Gasteiger charge is 2.28. The molecule has 1 aliphatic rings. The van der Waals surface area contributed by atoms with E-state index in [0.717, 1.165) is 30.2 Å². The second-order valence-corrected chi connectivity index (χ2v) is 6.41. The van der Waals surface area contributed by atoms with E-state index in [4.69, 9.17) is 14.2 Å². The number of rotatable bonds is 5. The van der Waals surface area contributed by atoms with Crippen molar-refractivity contribution in [2.24, 2.45) is 0 Å². The Hall–Kier alpha value is -2.20. The molecule has 1 heterocycles. The van der Waals surface area contributed by atoms with Crippen molar-refractivity contribution in [2.75, 3.05) is 27.4 Å². The summed E-state index contributed by atoms with van der Waals surface area (Å²) < 4.78 is 17.1. The number of fused-ring (bicyclic) bond motifs is 1. The summed E-state index contributed by atoms with van der Waals surface area (Å²) in [6.07, 6.45) is 0.922. The third-order valence-electron chi connectivity index (χ3n) is 4.96. The minimum Gasteiger partial charge on any atom is -0.496 e. The topological polar surface area (TPSA) is 39.7 Å². The van der Waals surface area contributed by atoms with Crippen LogP contribution in [-0.2, 0) is 6.42 Å². The van der Waals surface area contributed by atoms with Gasteiger partial charge in [0.05, 0.1) is 26.9 Å². The molecule has 1 atom stereocenters. The van der Waals surface area contributed by atoms with Crippen molar-refractivity contribution in [1.29, 1.82) is 0 Å². The Labute approximate surface area is 150 Å². The summed E-state index contributed by atoms with van der Waals surface area (Å²) in [6, 6.07) is 8.57. The van der Waals surface area contributed by atoms with Crippen molar-refractivity contribution in [1.82, 2.24) is 5.32 Å². The summed E-state index contributed by atoms with van der Waals surface area (Å²) in [5, 5.41) is 3.64. The second-order valence-electron chi connectivity index (χ2n) is 6.41. The van der Waals surface area contributed by atoms with Gasteiger partial charge in [-0.2, -0.15) is 0 Å². The fourth-order valence-electron chi connectivity index (χ4n) is 3.56. The van der Waals surface area contributed by atoms with E-state index in [-0.39, 0.29) is 6.04 Å². The highest BCUT2D eigenvalue weighted by Crippen LogP contribution is 2.42. The maximum Gasteiger partial charge on any atom is 0.164 e. The average molecular weight is 341 g/mol. The van der Waals surface area contributed by atoms with Gasteiger partial charge in [0.25, 0.3) is 0 Å². The molecule has 1 aliphatic heterocycles. The van der Waals surface area contributed by atoms with E-state index in [1.807, 2.05) is 13.0 Å². The molecule has 2 aromatic rings. The van der Waals surface area contributed by atoms with Crippen molar-refractivity contribution in [2.45, 2.75) is 33.2 Å². The first-order valence-corrected chi connectivity index (χ1v) is 8.81. The van der Waals surface area contributed by atoms with Crippen LogP contribution in [0.15, 0.2) is 24.3 Å². The SMILES string of the molecule is CCOc1c(OC)ccc2c1CCNC2c1cc(C)c(C)cc1OC. The molecule has 134 valence electrons. The lowest BCUT2D eigenvalue weighted by atomic mass is 9.87. The third-order valence-corrected chi connectivity index (χ3v) is 4.96. The number of hydrogen-bond acceptors (Lipinski definition) is 4. The van der Waals surface area contributed by atoms with Crippen molar-refractivity contribution >= 4 is 0 Å². The Kier molecular flexibility index (Phi) is 5.19. The van der Waals surface area contributed by atoms with Gasteiger partial charge in [0.15, 0.2) is 11.5 Å². The van der Waals surface area contributed by atoms with Crippen LogP contribution in [0, 0.1) is 13.8 Å². The van der Waals surface area contributed by atoms with E-state index < -0.39 is 0 Å². The fourth-order valence-corrected chi connectivity index (χ4v) is 3.56. The molecular weight excluding hydrogens is 314 g/mol. The van der Waals surface area contributed by atoms with Crippen LogP contribution in [0.1, 0.15) is 40.8 Å². The molecule has 2 aromatic carbocycles. The maximum atomic E-state index is 5.93. The Morgan fingerprint density at radius 1 is 1.00 bits per heavy atom. The Balaban J connectivity index is 2.14. The number of benzene rings is 2. The molecule has 0 saturated carbocycles. The normalized spacial score (nSPS) is 16.3. The lowest BCUT2D eigenvalue weighted by Gasteiger charge is -2.30. The zero-order valence-corrected chi connectivity index (χ0v) is 15.7. The van der Waals surface area contributed by atoms with Gasteiger partial charge in [0.2, 0.25) is 0 Å². The smallest absolute Gasteiger partial charge is 0.164 e. The van der Waals surface area contributed by atoms with E-state index in [1.165, 1.54) is 27.8 Å². The third kappa shape index (κ3) is 3.19. The van der Waals surface area contributed by atoms with E-state index >= 15 is 0 Å². The molecule has 0 bridgehead atoms. The molecule has 1 N–H and O–H groups in total. The number of aryl methyl sites for hydroxylation is 2. The van der Waals surface area contributed by atoms with E-state index in [2.05, 4.69) is 37.4 Å². The molecule has 0 radical (unpaired) electrons. The quantitative estimate of drug-likeness (QED) is 0.894. The first-order chi connectivity index (χ1) is 12.1. The first kappa shape index (κ1) is 17.6. The molecule has 4 nitrogen and oxygen atoms in total. The van der Waals surface area contributed by atoms with E-state index in [1.54, 1.807) is 14.2 Å². The van der Waals surface area contributed by atoms with Crippen molar-refractivity contribution < 1.29 is 14.2 Å². The summed E-state index contributed by atoms with van der Waals surface area (Å²) in [7, 11) is 3.42. The van der Waals surface area contributed by atoms with Crippen molar-refractivity contribution in [3.63, 3.8) is 0 Å². The van der Waals surface area contributed by atoms with Gasteiger partial charge >= 0.3 is 0 Å². The molecule has 4 heteroatoms. The van der Waals surface area contributed by atoms with Crippen LogP contribution in [0.4, 0.5) is 0 Å². The van der Waals surface area contributed by atoms with E-state index in [9.17, 15) is 0 Å². The van der Waals surface area contributed by atoms with E-state index in [0.29, 0.717) is 6.61 Å². The maximum absolute atomic E-state index is 5.93. The van der Waals surface area contributed by atoms with Crippen molar-refractivity contribution in [3.8, 4) is 17.2 Å². The minimum atomic E-state index is 0.0862. The molecule has 3 rings (SSSR count). The first-order valence-electron chi connectivity index (χ1n) is 8.81. The summed E-state index contributed by atoms with van der Waals surface area (Å²) in [6.45, 7) is 7.77. The molecule has 25 heavy (non-hydrogen) atoms. The van der Waals surface area contributed by atoms with Crippen LogP contribution in [0.25, 0.3) is 0 Å². The number of methoxy groups -OCH3 is 2. The monoisotopic (exact) mass is 341 g/mol. The predicted molar refractivity (Wildman–Crippen MR) is 100 cm³/mol.